The third-order valence-electron chi connectivity index (χ3n) is 4.33. The average Bonchev–Trinajstić information content (AvgIpc) is 2.48. The summed E-state index contributed by atoms with van der Waals surface area (Å²) in [6, 6.07) is 0.356. The molecule has 4 nitrogen and oxygen atoms in total. The van der Waals surface area contributed by atoms with Crippen LogP contribution in [0.25, 0.3) is 0 Å². The summed E-state index contributed by atoms with van der Waals surface area (Å²) in [6.07, 6.45) is 8.34. The highest BCUT2D eigenvalue weighted by Gasteiger charge is 2.24. The van der Waals surface area contributed by atoms with E-state index < -0.39 is 0 Å². The fourth-order valence-corrected chi connectivity index (χ4v) is 3.27. The molecule has 122 valence electrons. The van der Waals surface area contributed by atoms with E-state index in [0.717, 1.165) is 38.8 Å². The first kappa shape index (κ1) is 18.0. The topological polar surface area (TPSA) is 40.6 Å². The van der Waals surface area contributed by atoms with Crippen LogP contribution in [0.4, 0.5) is 0 Å². The smallest absolute Gasteiger partial charge is 0.224 e. The van der Waals surface area contributed by atoms with Crippen LogP contribution in [0.2, 0.25) is 0 Å². The van der Waals surface area contributed by atoms with Gasteiger partial charge in [0.05, 0.1) is 0 Å². The molecular weight excluding hydrogens is 264 g/mol. The molecule has 0 radical (unpaired) electrons. The zero-order chi connectivity index (χ0) is 15.7. The number of nitrogens with zero attached hydrogens (tertiary/aromatic N) is 2. The Morgan fingerprint density at radius 3 is 2.00 bits per heavy atom. The monoisotopic (exact) mass is 296 g/mol. The Morgan fingerprint density at radius 1 is 0.952 bits per heavy atom. The van der Waals surface area contributed by atoms with Gasteiger partial charge in [0, 0.05) is 39.0 Å². The third kappa shape index (κ3) is 6.06. The zero-order valence-corrected chi connectivity index (χ0v) is 14.1. The van der Waals surface area contributed by atoms with Crippen LogP contribution in [0.5, 0.6) is 0 Å². The first-order valence-corrected chi connectivity index (χ1v) is 8.65. The molecule has 1 fully saturated rings. The number of carbonyl (C=O) groups excluding carboxylic acids is 2. The Bertz CT molecular complexity index is 319. The van der Waals surface area contributed by atoms with E-state index in [1.54, 1.807) is 6.92 Å². The number of hydrogen-bond donors (Lipinski definition) is 0. The molecule has 1 aliphatic carbocycles. The second kappa shape index (κ2) is 9.80. The molecule has 0 spiro atoms. The van der Waals surface area contributed by atoms with Gasteiger partial charge in [-0.3, -0.25) is 9.59 Å². The second-order valence-corrected chi connectivity index (χ2v) is 6.14. The van der Waals surface area contributed by atoms with Crippen molar-refractivity contribution < 1.29 is 9.59 Å². The van der Waals surface area contributed by atoms with E-state index in [4.69, 9.17) is 0 Å². The quantitative estimate of drug-likeness (QED) is 0.690. The van der Waals surface area contributed by atoms with E-state index in [1.165, 1.54) is 19.3 Å². The molecule has 0 aromatic carbocycles. The van der Waals surface area contributed by atoms with Crippen molar-refractivity contribution in [2.45, 2.75) is 78.2 Å². The standard InChI is InChI=1S/C17H32N2O2/c1-4-12-18(13-5-2)17(21)11-14-19(15(3)20)16-9-7-6-8-10-16/h16H,4-14H2,1-3H3. The van der Waals surface area contributed by atoms with E-state index in [9.17, 15) is 9.59 Å². The maximum atomic E-state index is 12.3. The molecule has 0 aromatic heterocycles. The van der Waals surface area contributed by atoms with Crippen LogP contribution < -0.4 is 0 Å². The SMILES string of the molecule is CCCN(CCC)C(=O)CCN(C(C)=O)C1CCCCC1. The molecule has 0 N–H and O–H groups in total. The molecule has 0 atom stereocenters. The van der Waals surface area contributed by atoms with Crippen LogP contribution in [0, 0.1) is 0 Å². The summed E-state index contributed by atoms with van der Waals surface area (Å²) in [5.74, 6) is 0.313. The fraction of sp³-hybridized carbons (Fsp3) is 0.882. The molecular formula is C17H32N2O2. The van der Waals surface area contributed by atoms with Crippen molar-refractivity contribution in [1.29, 1.82) is 0 Å². The van der Waals surface area contributed by atoms with Gasteiger partial charge in [0.2, 0.25) is 11.8 Å². The number of carbonyl (C=O) groups is 2. The molecule has 2 amide bonds. The minimum absolute atomic E-state index is 0.118. The molecule has 1 aliphatic rings. The van der Waals surface area contributed by atoms with Gasteiger partial charge in [-0.15, -0.1) is 0 Å². The van der Waals surface area contributed by atoms with Crippen molar-refractivity contribution >= 4 is 11.8 Å². The van der Waals surface area contributed by atoms with Gasteiger partial charge in [0.25, 0.3) is 0 Å². The van der Waals surface area contributed by atoms with Crippen molar-refractivity contribution in [3.8, 4) is 0 Å². The summed E-state index contributed by atoms with van der Waals surface area (Å²) >= 11 is 0. The molecule has 0 saturated heterocycles. The van der Waals surface area contributed by atoms with Crippen molar-refractivity contribution in [3.63, 3.8) is 0 Å². The molecule has 0 bridgehead atoms. The molecule has 21 heavy (non-hydrogen) atoms. The molecule has 0 unspecified atom stereocenters. The van der Waals surface area contributed by atoms with Gasteiger partial charge in [-0.1, -0.05) is 33.1 Å². The minimum atomic E-state index is 0.118. The van der Waals surface area contributed by atoms with Crippen LogP contribution in [0.1, 0.15) is 72.1 Å². The Kier molecular flexibility index (Phi) is 8.40. The molecule has 0 heterocycles. The maximum Gasteiger partial charge on any atom is 0.224 e. The highest BCUT2D eigenvalue weighted by Crippen LogP contribution is 2.23. The van der Waals surface area contributed by atoms with Gasteiger partial charge in [0.15, 0.2) is 0 Å². The van der Waals surface area contributed by atoms with Crippen LogP contribution >= 0.6 is 0 Å². The molecule has 0 aromatic rings. The normalized spacial score (nSPS) is 15.8. The van der Waals surface area contributed by atoms with E-state index in [2.05, 4.69) is 13.8 Å². The largest absolute Gasteiger partial charge is 0.343 e. The zero-order valence-electron chi connectivity index (χ0n) is 14.1. The van der Waals surface area contributed by atoms with E-state index in [-0.39, 0.29) is 11.8 Å². The lowest BCUT2D eigenvalue weighted by Crippen LogP contribution is -2.43. The molecule has 1 rings (SSSR count). The van der Waals surface area contributed by atoms with Crippen LogP contribution in [0.15, 0.2) is 0 Å². The Hall–Kier alpha value is -1.06. The lowest BCUT2D eigenvalue weighted by molar-refractivity contribution is -0.135. The van der Waals surface area contributed by atoms with Gasteiger partial charge >= 0.3 is 0 Å². The fourth-order valence-electron chi connectivity index (χ4n) is 3.27. The summed E-state index contributed by atoms with van der Waals surface area (Å²) in [4.78, 5) is 28.1. The summed E-state index contributed by atoms with van der Waals surface area (Å²) < 4.78 is 0. The summed E-state index contributed by atoms with van der Waals surface area (Å²) in [6.45, 7) is 8.07. The van der Waals surface area contributed by atoms with E-state index >= 15 is 0 Å². The van der Waals surface area contributed by atoms with Crippen molar-refractivity contribution in [2.24, 2.45) is 0 Å². The average molecular weight is 296 g/mol. The predicted molar refractivity (Wildman–Crippen MR) is 86.0 cm³/mol. The van der Waals surface area contributed by atoms with Gasteiger partial charge < -0.3 is 9.80 Å². The van der Waals surface area contributed by atoms with Gasteiger partial charge in [-0.25, -0.2) is 0 Å². The van der Waals surface area contributed by atoms with Crippen LogP contribution in [0.3, 0.4) is 0 Å². The minimum Gasteiger partial charge on any atom is -0.343 e. The van der Waals surface area contributed by atoms with E-state index in [0.29, 0.717) is 19.0 Å². The summed E-state index contributed by atoms with van der Waals surface area (Å²) in [7, 11) is 0. The maximum absolute atomic E-state index is 12.3. The third-order valence-corrected chi connectivity index (χ3v) is 4.33. The highest BCUT2D eigenvalue weighted by atomic mass is 16.2. The first-order valence-electron chi connectivity index (χ1n) is 8.65. The van der Waals surface area contributed by atoms with Crippen LogP contribution in [-0.4, -0.2) is 47.3 Å². The lowest BCUT2D eigenvalue weighted by Gasteiger charge is -2.34. The Balaban J connectivity index is 2.51. The first-order chi connectivity index (χ1) is 10.1. The highest BCUT2D eigenvalue weighted by molar-refractivity contribution is 5.78. The molecule has 0 aliphatic heterocycles. The Morgan fingerprint density at radius 2 is 1.52 bits per heavy atom. The summed E-state index contributed by atoms with van der Waals surface area (Å²) in [5.41, 5.74) is 0. The van der Waals surface area contributed by atoms with Gasteiger partial charge in [-0.05, 0) is 25.7 Å². The summed E-state index contributed by atoms with van der Waals surface area (Å²) in [5, 5.41) is 0. The number of rotatable bonds is 8. The van der Waals surface area contributed by atoms with Crippen molar-refractivity contribution in [2.75, 3.05) is 19.6 Å². The van der Waals surface area contributed by atoms with Crippen LogP contribution in [-0.2, 0) is 9.59 Å². The Labute approximate surface area is 129 Å². The van der Waals surface area contributed by atoms with Gasteiger partial charge in [0.1, 0.15) is 0 Å². The molecule has 4 heteroatoms. The second-order valence-electron chi connectivity index (χ2n) is 6.14. The van der Waals surface area contributed by atoms with Crippen molar-refractivity contribution in [3.05, 3.63) is 0 Å². The molecule has 1 saturated carbocycles. The predicted octanol–water partition coefficient (Wildman–Crippen LogP) is 3.21. The van der Waals surface area contributed by atoms with Gasteiger partial charge in [-0.2, -0.15) is 0 Å². The van der Waals surface area contributed by atoms with E-state index in [1.807, 2.05) is 9.80 Å². The number of amides is 2. The lowest BCUT2D eigenvalue weighted by atomic mass is 9.94. The van der Waals surface area contributed by atoms with Crippen molar-refractivity contribution in [1.82, 2.24) is 9.80 Å². The number of hydrogen-bond acceptors (Lipinski definition) is 2.